The van der Waals surface area contributed by atoms with Crippen LogP contribution in [0.4, 0.5) is 26.3 Å². The van der Waals surface area contributed by atoms with Gasteiger partial charge in [0.2, 0.25) is 0 Å². The Balaban J connectivity index is 0.000000268. The van der Waals surface area contributed by atoms with Gasteiger partial charge < -0.3 is 34.3 Å². The maximum Gasteiger partial charge on any atom is 0.416 e. The molecule has 0 aliphatic heterocycles. The number of nitrogens with zero attached hydrogens (tertiary/aromatic N) is 3. The topological polar surface area (TPSA) is 177 Å². The summed E-state index contributed by atoms with van der Waals surface area (Å²) in [7, 11) is 1.46. The van der Waals surface area contributed by atoms with E-state index in [1.807, 2.05) is 0 Å². The number of halogens is 6. The zero-order valence-corrected chi connectivity index (χ0v) is 42.1. The molecule has 0 saturated carbocycles. The van der Waals surface area contributed by atoms with E-state index in [0.717, 1.165) is 64.3 Å². The number of carbonyl (C=O) groups is 4. The number of rotatable bonds is 17. The summed E-state index contributed by atoms with van der Waals surface area (Å²) in [5.41, 5.74) is -1.06. The van der Waals surface area contributed by atoms with Crippen LogP contribution in [0.25, 0.3) is 21.3 Å². The standard InChI is InChI=1S/C26H27F3N2O5S.C24H24F3N3O4S/c1-6-35-24(33)25(3,4)36-19-12-7-16(13-20(19)34-5)14-30-22(32)21-15(2)31-23(37-21)17-8-10-18(11-9-17)26(27,28)29;1-5-33-22(32)23(3,4)34-17-8-6-15(7-9-17)13-29-20(31)19-14(2)30-21(35-19)18-12-16(10-11-28-18)24(25,26)27/h7-13H,6,14H2,1-5H3,(H,30,32);6-12H,5,13H2,1-4H3,(H,29,31). The SMILES string of the molecule is CCOC(=O)C(C)(C)Oc1ccc(CNC(=O)c2sc(-c3cc(C(F)(F)F)ccn3)nc2C)cc1.CCOC(=O)C(C)(C)Oc1ccc(CNC(=O)c2sc(-c3ccc(C(F)(F)F)cc3)nc2C)cc1OC. The van der Waals surface area contributed by atoms with Gasteiger partial charge in [0.15, 0.2) is 22.7 Å². The molecule has 3 aromatic heterocycles. The molecule has 22 heteroatoms. The molecule has 2 amide bonds. The first-order valence-electron chi connectivity index (χ1n) is 22.0. The van der Waals surface area contributed by atoms with E-state index in [1.165, 1.54) is 19.2 Å². The van der Waals surface area contributed by atoms with Gasteiger partial charge in [0.25, 0.3) is 11.8 Å². The molecule has 0 atom stereocenters. The molecule has 0 saturated heterocycles. The fraction of sp³-hybridized carbons (Fsp3) is 0.340. The lowest BCUT2D eigenvalue weighted by atomic mass is 10.1. The number of aryl methyl sites for hydroxylation is 2. The molecule has 6 rings (SSSR count). The molecule has 14 nitrogen and oxygen atoms in total. The Hall–Kier alpha value is -7.07. The second-order valence-corrected chi connectivity index (χ2v) is 18.5. The van der Waals surface area contributed by atoms with Crippen molar-refractivity contribution in [1.82, 2.24) is 25.6 Å². The predicted octanol–water partition coefficient (Wildman–Crippen LogP) is 11.0. The van der Waals surface area contributed by atoms with Crippen LogP contribution in [0.2, 0.25) is 0 Å². The largest absolute Gasteiger partial charge is 0.493 e. The summed E-state index contributed by atoms with van der Waals surface area (Å²) < 4.78 is 104. The van der Waals surface area contributed by atoms with Crippen LogP contribution in [0.1, 0.15) is 94.5 Å². The molecule has 0 fully saturated rings. The summed E-state index contributed by atoms with van der Waals surface area (Å²) in [4.78, 5) is 62.8. The molecule has 72 heavy (non-hydrogen) atoms. The van der Waals surface area contributed by atoms with Gasteiger partial charge in [-0.15, -0.1) is 22.7 Å². The Kier molecular flexibility index (Phi) is 18.2. The van der Waals surface area contributed by atoms with E-state index in [-0.39, 0.29) is 47.8 Å². The highest BCUT2D eigenvalue weighted by molar-refractivity contribution is 7.17. The number of thiazole rings is 2. The monoisotopic (exact) mass is 1040 g/mol. The van der Waals surface area contributed by atoms with Crippen molar-refractivity contribution < 1.29 is 69.2 Å². The van der Waals surface area contributed by atoms with Gasteiger partial charge in [0.05, 0.1) is 48.5 Å². The van der Waals surface area contributed by atoms with Crippen molar-refractivity contribution in [3.8, 4) is 38.5 Å². The molecule has 3 heterocycles. The van der Waals surface area contributed by atoms with Crippen LogP contribution in [0.3, 0.4) is 0 Å². The quantitative estimate of drug-likeness (QED) is 0.0654. The zero-order valence-electron chi connectivity index (χ0n) is 40.5. The van der Waals surface area contributed by atoms with Crippen molar-refractivity contribution in [2.45, 2.75) is 92.0 Å². The fourth-order valence-electron chi connectivity index (χ4n) is 6.34. The van der Waals surface area contributed by atoms with Gasteiger partial charge in [0.1, 0.15) is 25.5 Å². The average Bonchev–Trinajstić information content (AvgIpc) is 3.92. The van der Waals surface area contributed by atoms with E-state index in [0.29, 0.717) is 44.1 Å². The average molecular weight is 1040 g/mol. The van der Waals surface area contributed by atoms with Gasteiger partial charge in [0, 0.05) is 24.8 Å². The maximum atomic E-state index is 13.0. The second kappa shape index (κ2) is 23.4. The lowest BCUT2D eigenvalue weighted by molar-refractivity contribution is -0.159. The van der Waals surface area contributed by atoms with Gasteiger partial charge >= 0.3 is 24.3 Å². The fourth-order valence-corrected chi connectivity index (χ4v) is 8.28. The molecular weight excluding hydrogens is 993 g/mol. The van der Waals surface area contributed by atoms with Crippen molar-refractivity contribution in [3.63, 3.8) is 0 Å². The lowest BCUT2D eigenvalue weighted by Gasteiger charge is -2.25. The molecule has 3 aromatic carbocycles. The van der Waals surface area contributed by atoms with E-state index in [4.69, 9.17) is 23.7 Å². The normalized spacial score (nSPS) is 11.7. The smallest absolute Gasteiger partial charge is 0.416 e. The number of esters is 2. The number of carbonyl (C=O) groups excluding carboxylic acids is 4. The third-order valence-corrected chi connectivity index (χ3v) is 12.5. The first kappa shape index (κ1) is 55.9. The van der Waals surface area contributed by atoms with Crippen LogP contribution in [0.5, 0.6) is 17.2 Å². The zero-order chi connectivity index (χ0) is 53.2. The van der Waals surface area contributed by atoms with Crippen molar-refractivity contribution in [1.29, 1.82) is 0 Å². The van der Waals surface area contributed by atoms with E-state index >= 15 is 0 Å². The van der Waals surface area contributed by atoms with E-state index in [9.17, 15) is 45.5 Å². The van der Waals surface area contributed by atoms with Gasteiger partial charge in [-0.2, -0.15) is 26.3 Å². The molecule has 6 aromatic rings. The van der Waals surface area contributed by atoms with E-state index in [1.54, 1.807) is 97.9 Å². The minimum atomic E-state index is -4.50. The Morgan fingerprint density at radius 3 is 1.62 bits per heavy atom. The Bertz CT molecular complexity index is 2860. The Morgan fingerprint density at radius 1 is 0.597 bits per heavy atom. The third kappa shape index (κ3) is 14.7. The van der Waals surface area contributed by atoms with Crippen LogP contribution < -0.4 is 24.8 Å². The number of methoxy groups -OCH3 is 1. The number of hydrogen-bond acceptors (Lipinski definition) is 14. The highest BCUT2D eigenvalue weighted by Crippen LogP contribution is 2.36. The number of alkyl halides is 6. The number of ether oxygens (including phenoxy) is 5. The predicted molar refractivity (Wildman–Crippen MR) is 257 cm³/mol. The second-order valence-electron chi connectivity index (χ2n) is 16.5. The molecule has 384 valence electrons. The summed E-state index contributed by atoms with van der Waals surface area (Å²) in [6, 6.07) is 18.3. The van der Waals surface area contributed by atoms with Crippen molar-refractivity contribution >= 4 is 46.4 Å². The molecular formula is C50H51F6N5O9S2. The Morgan fingerprint density at radius 2 is 1.10 bits per heavy atom. The minimum Gasteiger partial charge on any atom is -0.493 e. The highest BCUT2D eigenvalue weighted by atomic mass is 32.1. The van der Waals surface area contributed by atoms with Crippen LogP contribution >= 0.6 is 22.7 Å². The number of pyridine rings is 1. The Labute approximate surface area is 419 Å². The number of benzene rings is 3. The number of nitrogens with one attached hydrogen (secondary N) is 2. The van der Waals surface area contributed by atoms with Crippen LogP contribution in [0.15, 0.2) is 85.1 Å². The summed E-state index contributed by atoms with van der Waals surface area (Å²) in [6.45, 7) is 14.0. The molecule has 0 aliphatic rings. The van der Waals surface area contributed by atoms with Crippen LogP contribution in [-0.4, -0.2) is 70.2 Å². The minimum absolute atomic E-state index is 0.0494. The lowest BCUT2D eigenvalue weighted by Crippen LogP contribution is -2.39. The number of hydrogen-bond donors (Lipinski definition) is 2. The van der Waals surface area contributed by atoms with E-state index < -0.39 is 52.5 Å². The van der Waals surface area contributed by atoms with Crippen molar-refractivity contribution in [3.05, 3.63) is 128 Å². The van der Waals surface area contributed by atoms with Gasteiger partial charge in [-0.05, 0) is 115 Å². The van der Waals surface area contributed by atoms with Crippen LogP contribution in [0, 0.1) is 13.8 Å². The summed E-state index contributed by atoms with van der Waals surface area (Å²) in [5.74, 6) is -0.565. The number of amides is 2. The van der Waals surface area contributed by atoms with Gasteiger partial charge in [-0.25, -0.2) is 19.6 Å². The summed E-state index contributed by atoms with van der Waals surface area (Å²) in [5, 5.41) is 6.27. The van der Waals surface area contributed by atoms with Crippen LogP contribution in [-0.2, 0) is 44.5 Å². The van der Waals surface area contributed by atoms with E-state index in [2.05, 4.69) is 25.6 Å². The summed E-state index contributed by atoms with van der Waals surface area (Å²) >= 11 is 2.07. The first-order valence-corrected chi connectivity index (χ1v) is 23.6. The molecule has 0 aliphatic carbocycles. The molecule has 2 N–H and O–H groups in total. The highest BCUT2D eigenvalue weighted by Gasteiger charge is 2.34. The third-order valence-electron chi connectivity index (χ3n) is 10.1. The maximum absolute atomic E-state index is 13.0. The van der Waals surface area contributed by atoms with Gasteiger partial charge in [-0.1, -0.05) is 30.3 Å². The van der Waals surface area contributed by atoms with Crippen molar-refractivity contribution in [2.24, 2.45) is 0 Å². The van der Waals surface area contributed by atoms with Crippen molar-refractivity contribution in [2.75, 3.05) is 20.3 Å². The van der Waals surface area contributed by atoms with Gasteiger partial charge in [-0.3, -0.25) is 14.6 Å². The molecule has 0 bridgehead atoms. The molecule has 0 unspecified atom stereocenters. The first-order chi connectivity index (χ1) is 33.8. The number of aromatic nitrogens is 3. The molecule has 0 radical (unpaired) electrons. The summed E-state index contributed by atoms with van der Waals surface area (Å²) in [6.07, 6.45) is -7.86. The molecule has 0 spiro atoms.